The molecule has 3 fully saturated rings. The molecule has 3 amide bonds. The van der Waals surface area contributed by atoms with Gasteiger partial charge in [0.15, 0.2) is 0 Å². The van der Waals surface area contributed by atoms with Gasteiger partial charge in [0.1, 0.15) is 23.5 Å². The molecule has 2 saturated heterocycles. The molecular formula is C36H44ClN5O5. The Morgan fingerprint density at radius 1 is 0.957 bits per heavy atom. The molecule has 0 radical (unpaired) electrons. The van der Waals surface area contributed by atoms with Crippen molar-refractivity contribution in [3.05, 3.63) is 63.7 Å². The third kappa shape index (κ3) is 5.93. The fourth-order valence-electron chi connectivity index (χ4n) is 8.33. The van der Waals surface area contributed by atoms with Crippen molar-refractivity contribution in [1.82, 2.24) is 19.6 Å². The first kappa shape index (κ1) is 33.1. The molecule has 0 unspecified atom stereocenters. The van der Waals surface area contributed by atoms with Gasteiger partial charge in [-0.25, -0.2) is 4.79 Å². The van der Waals surface area contributed by atoms with E-state index in [1.54, 1.807) is 35.2 Å². The second kappa shape index (κ2) is 11.7. The van der Waals surface area contributed by atoms with Gasteiger partial charge in [-0.05, 0) is 56.7 Å². The fraction of sp³-hybridized carbons (Fsp3) is 0.556. The first-order valence-corrected chi connectivity index (χ1v) is 16.7. The molecule has 1 saturated carbocycles. The van der Waals surface area contributed by atoms with Crippen LogP contribution in [0.4, 0.5) is 4.79 Å². The second-order valence-electron chi connectivity index (χ2n) is 15.5. The molecule has 0 N–H and O–H groups in total. The quantitative estimate of drug-likeness (QED) is 0.421. The van der Waals surface area contributed by atoms with Crippen LogP contribution < -0.4 is 4.74 Å². The molecule has 10 nitrogen and oxygen atoms in total. The van der Waals surface area contributed by atoms with Crippen molar-refractivity contribution in [2.45, 2.75) is 78.8 Å². The summed E-state index contributed by atoms with van der Waals surface area (Å²) in [5, 5.41) is 9.57. The van der Waals surface area contributed by atoms with E-state index in [-0.39, 0.29) is 46.9 Å². The lowest BCUT2D eigenvalue weighted by atomic mass is 9.49. The highest BCUT2D eigenvalue weighted by molar-refractivity contribution is 6.31. The highest BCUT2D eigenvalue weighted by Gasteiger charge is 2.67. The second-order valence-corrected chi connectivity index (χ2v) is 15.9. The number of carbonyl (C=O) groups is 3. The average molecular weight is 662 g/mol. The Morgan fingerprint density at radius 3 is 2.21 bits per heavy atom. The maximum atomic E-state index is 13.7. The summed E-state index contributed by atoms with van der Waals surface area (Å²) in [6.45, 7) is 18.5. The number of likely N-dealkylation sites (tertiary alicyclic amines) is 1. The summed E-state index contributed by atoms with van der Waals surface area (Å²) in [5.41, 5.74) is 1.24. The number of fused-ring (bicyclic) bond motifs is 1. The van der Waals surface area contributed by atoms with E-state index in [4.69, 9.17) is 21.1 Å². The van der Waals surface area contributed by atoms with Gasteiger partial charge in [-0.2, -0.15) is 5.26 Å². The van der Waals surface area contributed by atoms with Crippen LogP contribution in [0, 0.1) is 22.2 Å². The molecule has 11 heteroatoms. The van der Waals surface area contributed by atoms with Crippen LogP contribution in [-0.4, -0.2) is 101 Å². The monoisotopic (exact) mass is 661 g/mol. The van der Waals surface area contributed by atoms with Gasteiger partial charge in [0, 0.05) is 85.9 Å². The van der Waals surface area contributed by atoms with Crippen LogP contribution in [0.3, 0.4) is 0 Å². The van der Waals surface area contributed by atoms with Crippen LogP contribution in [0.5, 0.6) is 5.75 Å². The minimum atomic E-state index is -0.511. The lowest BCUT2D eigenvalue weighted by molar-refractivity contribution is -0.199. The zero-order valence-electron chi connectivity index (χ0n) is 28.3. The zero-order valence-corrected chi connectivity index (χ0v) is 29.1. The van der Waals surface area contributed by atoms with E-state index >= 15 is 0 Å². The number of benzene rings is 2. The van der Waals surface area contributed by atoms with Crippen LogP contribution >= 0.6 is 11.6 Å². The molecule has 0 atom stereocenters. The minimum absolute atomic E-state index is 0.0267. The van der Waals surface area contributed by atoms with E-state index in [0.717, 1.165) is 18.7 Å². The Bertz CT molecular complexity index is 1630. The molecular weight excluding hydrogens is 618 g/mol. The number of nitrogens with zero attached hydrogens (tertiary/aromatic N) is 5. The molecule has 250 valence electrons. The molecule has 3 heterocycles. The Labute approximate surface area is 282 Å². The Hall–Kier alpha value is -3.81. The SMILES string of the molecule is CC(C)(C)OC(=O)N1CC(N2CCN(C(=O)c3ccc4c(c3)CN(C3C(C)(C)C(Oc5ccc(C#N)c(Cl)c5)C3(C)C)C4=O)CC2)C1. The normalized spacial score (nSPS) is 23.8. The third-order valence-electron chi connectivity index (χ3n) is 10.2. The van der Waals surface area contributed by atoms with E-state index < -0.39 is 5.60 Å². The van der Waals surface area contributed by atoms with Crippen molar-refractivity contribution in [2.24, 2.45) is 10.8 Å². The summed E-state index contributed by atoms with van der Waals surface area (Å²) < 4.78 is 11.9. The molecule has 0 bridgehead atoms. The van der Waals surface area contributed by atoms with Gasteiger partial charge in [0.2, 0.25) is 0 Å². The van der Waals surface area contributed by atoms with Crippen molar-refractivity contribution >= 4 is 29.5 Å². The van der Waals surface area contributed by atoms with E-state index in [0.29, 0.717) is 60.2 Å². The average Bonchev–Trinajstić information content (AvgIpc) is 3.28. The number of nitriles is 1. The molecule has 3 aliphatic heterocycles. The van der Waals surface area contributed by atoms with Gasteiger partial charge < -0.3 is 24.2 Å². The molecule has 1 aliphatic carbocycles. The highest BCUT2D eigenvalue weighted by atomic mass is 35.5. The molecule has 2 aromatic carbocycles. The summed E-state index contributed by atoms with van der Waals surface area (Å²) in [7, 11) is 0. The van der Waals surface area contributed by atoms with Crippen molar-refractivity contribution in [3.63, 3.8) is 0 Å². The van der Waals surface area contributed by atoms with Crippen molar-refractivity contribution in [3.8, 4) is 11.8 Å². The first-order chi connectivity index (χ1) is 22.0. The fourth-order valence-corrected chi connectivity index (χ4v) is 8.54. The number of amides is 3. The molecule has 0 spiro atoms. The van der Waals surface area contributed by atoms with E-state index in [1.165, 1.54) is 0 Å². The van der Waals surface area contributed by atoms with Crippen molar-refractivity contribution < 1.29 is 23.9 Å². The summed E-state index contributed by atoms with van der Waals surface area (Å²) in [5.74, 6) is 0.537. The van der Waals surface area contributed by atoms with Gasteiger partial charge in [-0.15, -0.1) is 0 Å². The van der Waals surface area contributed by atoms with Gasteiger partial charge >= 0.3 is 6.09 Å². The van der Waals surface area contributed by atoms with Crippen LogP contribution in [0.15, 0.2) is 36.4 Å². The summed E-state index contributed by atoms with van der Waals surface area (Å²) in [6.07, 6.45) is -0.473. The van der Waals surface area contributed by atoms with Gasteiger partial charge in [-0.1, -0.05) is 39.3 Å². The van der Waals surface area contributed by atoms with Gasteiger partial charge in [-0.3, -0.25) is 14.5 Å². The predicted octanol–water partition coefficient (Wildman–Crippen LogP) is 5.43. The topological polar surface area (TPSA) is 106 Å². The van der Waals surface area contributed by atoms with Crippen molar-refractivity contribution in [2.75, 3.05) is 39.3 Å². The minimum Gasteiger partial charge on any atom is -0.489 e. The van der Waals surface area contributed by atoms with Crippen LogP contribution in [0.25, 0.3) is 0 Å². The maximum Gasteiger partial charge on any atom is 0.410 e. The summed E-state index contributed by atoms with van der Waals surface area (Å²) in [4.78, 5) is 47.5. The van der Waals surface area contributed by atoms with E-state index in [2.05, 4.69) is 38.7 Å². The molecule has 6 rings (SSSR count). The van der Waals surface area contributed by atoms with Crippen LogP contribution in [0.2, 0.25) is 5.02 Å². The number of halogens is 1. The van der Waals surface area contributed by atoms with Crippen molar-refractivity contribution in [1.29, 1.82) is 5.26 Å². The maximum absolute atomic E-state index is 13.7. The summed E-state index contributed by atoms with van der Waals surface area (Å²) in [6, 6.07) is 12.8. The number of ether oxygens (including phenoxy) is 2. The highest BCUT2D eigenvalue weighted by Crippen LogP contribution is 2.59. The van der Waals surface area contributed by atoms with E-state index in [9.17, 15) is 19.6 Å². The Balaban J connectivity index is 1.06. The predicted molar refractivity (Wildman–Crippen MR) is 177 cm³/mol. The third-order valence-corrected chi connectivity index (χ3v) is 10.5. The lowest BCUT2D eigenvalue weighted by Gasteiger charge is -2.65. The van der Waals surface area contributed by atoms with Crippen LogP contribution in [0.1, 0.15) is 80.3 Å². The first-order valence-electron chi connectivity index (χ1n) is 16.3. The summed E-state index contributed by atoms with van der Waals surface area (Å²) >= 11 is 6.26. The number of rotatable bonds is 5. The van der Waals surface area contributed by atoms with Crippen LogP contribution in [-0.2, 0) is 11.3 Å². The molecule has 0 aromatic heterocycles. The number of piperazine rings is 1. The lowest BCUT2D eigenvalue weighted by Crippen LogP contribution is -2.74. The smallest absolute Gasteiger partial charge is 0.410 e. The largest absolute Gasteiger partial charge is 0.489 e. The molecule has 2 aromatic rings. The van der Waals surface area contributed by atoms with Gasteiger partial charge in [0.25, 0.3) is 11.8 Å². The number of hydrogen-bond donors (Lipinski definition) is 0. The van der Waals surface area contributed by atoms with E-state index in [1.807, 2.05) is 36.6 Å². The molecule has 4 aliphatic rings. The molecule has 47 heavy (non-hydrogen) atoms. The Morgan fingerprint density at radius 2 is 1.62 bits per heavy atom. The Kier molecular flexibility index (Phi) is 8.25. The number of hydrogen-bond acceptors (Lipinski definition) is 7. The van der Waals surface area contributed by atoms with Gasteiger partial charge in [0.05, 0.1) is 10.6 Å². The number of carbonyl (C=O) groups excluding carboxylic acids is 3. The standard InChI is InChI=1S/C36H44ClN5O5/c1-34(2,3)47-33(45)41-20-25(21-41)39-12-14-40(15-13-39)29(43)22-9-11-27-24(16-22)19-42(30(27)44)31-35(4,5)32(36(31,6)7)46-26-10-8-23(18-38)28(37)17-26/h8-11,16-17,25,31-32H,12-15,19-21H2,1-7H3. The zero-order chi connectivity index (χ0) is 34.1.